The summed E-state index contributed by atoms with van der Waals surface area (Å²) in [4.78, 5) is 6.87. The first-order valence-electron chi connectivity index (χ1n) is 9.11. The molecule has 2 atom stereocenters. The summed E-state index contributed by atoms with van der Waals surface area (Å²) in [7, 11) is 3.47. The molecule has 0 aliphatic carbocycles. The van der Waals surface area contributed by atoms with Crippen molar-refractivity contribution in [3.63, 3.8) is 0 Å². The average Bonchev–Trinajstić information content (AvgIpc) is 2.66. The van der Waals surface area contributed by atoms with Crippen LogP contribution in [0.2, 0.25) is 0 Å². The summed E-state index contributed by atoms with van der Waals surface area (Å²) in [6.07, 6.45) is 5.81. The first-order valence-corrected chi connectivity index (χ1v) is 9.11. The summed E-state index contributed by atoms with van der Waals surface area (Å²) in [6.45, 7) is 5.16. The van der Waals surface area contributed by atoms with Crippen LogP contribution in [0.25, 0.3) is 0 Å². The fourth-order valence-corrected chi connectivity index (χ4v) is 3.18. The summed E-state index contributed by atoms with van der Waals surface area (Å²) in [5, 5.41) is 6.24. The highest BCUT2D eigenvalue weighted by Gasteiger charge is 2.29. The number of nitrogens with one attached hydrogen (secondary N) is 2. The van der Waals surface area contributed by atoms with Gasteiger partial charge in [-0.05, 0) is 50.6 Å². The van der Waals surface area contributed by atoms with Crippen LogP contribution in [0.3, 0.4) is 0 Å². The van der Waals surface area contributed by atoms with Crippen molar-refractivity contribution in [1.82, 2.24) is 15.5 Å². The molecule has 1 fully saturated rings. The molecule has 0 spiro atoms. The zero-order chi connectivity index (χ0) is 18.6. The fraction of sp³-hybridized carbons (Fsp3) is 0.526. The van der Waals surface area contributed by atoms with E-state index in [-0.39, 0.29) is 0 Å². The van der Waals surface area contributed by atoms with Crippen LogP contribution in [0.1, 0.15) is 25.3 Å². The van der Waals surface area contributed by atoms with E-state index in [1.165, 1.54) is 13.0 Å². The Kier molecular flexibility index (Phi) is 5.68. The van der Waals surface area contributed by atoms with Crippen molar-refractivity contribution in [3.8, 4) is 11.5 Å². The van der Waals surface area contributed by atoms with Gasteiger partial charge < -0.3 is 25.0 Å². The first-order chi connectivity index (χ1) is 12.6. The summed E-state index contributed by atoms with van der Waals surface area (Å²) < 4.78 is 11.4. The third-order valence-electron chi connectivity index (χ3n) is 5.02. The Morgan fingerprint density at radius 3 is 2.92 bits per heavy atom. The van der Waals surface area contributed by atoms with Gasteiger partial charge in [0.2, 0.25) is 5.79 Å². The minimum Gasteiger partial charge on any atom is -0.493 e. The standard InChI is InChI=1S/C19H29N5O2/c1-14-8-11-24(14)10-4-12-26-17-13-15(5-6-16(17)25-3)19(20)22-9-7-18(21-2)23-19/h5-7,9,13-14,21,23H,4,8,10-12,20H2,1-3H3. The van der Waals surface area contributed by atoms with E-state index in [4.69, 9.17) is 15.2 Å². The third-order valence-corrected chi connectivity index (χ3v) is 5.02. The van der Waals surface area contributed by atoms with E-state index in [1.807, 2.05) is 31.3 Å². The van der Waals surface area contributed by atoms with Gasteiger partial charge in [0.15, 0.2) is 11.5 Å². The molecule has 1 saturated heterocycles. The highest BCUT2D eigenvalue weighted by Crippen LogP contribution is 2.32. The van der Waals surface area contributed by atoms with Gasteiger partial charge in [-0.1, -0.05) is 0 Å². The summed E-state index contributed by atoms with van der Waals surface area (Å²) in [5.41, 5.74) is 7.26. The highest BCUT2D eigenvalue weighted by atomic mass is 16.5. The number of nitrogens with two attached hydrogens (primary N) is 1. The van der Waals surface area contributed by atoms with Crippen LogP contribution in [0.5, 0.6) is 11.5 Å². The SMILES string of the molecule is CNC1=CC=NC(N)(c2ccc(OC)c(OCCCN3CCC3C)c2)N1. The van der Waals surface area contributed by atoms with Crippen molar-refractivity contribution >= 4 is 6.21 Å². The van der Waals surface area contributed by atoms with Crippen LogP contribution in [0.4, 0.5) is 0 Å². The quantitative estimate of drug-likeness (QED) is 0.608. The lowest BCUT2D eigenvalue weighted by molar-refractivity contribution is 0.0965. The van der Waals surface area contributed by atoms with Gasteiger partial charge in [-0.25, -0.2) is 4.99 Å². The van der Waals surface area contributed by atoms with Crippen LogP contribution < -0.4 is 25.8 Å². The Hall–Kier alpha value is -2.25. The average molecular weight is 359 g/mol. The van der Waals surface area contributed by atoms with Gasteiger partial charge >= 0.3 is 0 Å². The number of hydrogen-bond acceptors (Lipinski definition) is 7. The lowest BCUT2D eigenvalue weighted by atomic mass is 10.1. The molecule has 2 aliphatic heterocycles. The second-order valence-electron chi connectivity index (χ2n) is 6.74. The maximum atomic E-state index is 6.45. The molecular formula is C19H29N5O2. The number of allylic oxidation sites excluding steroid dienone is 1. The lowest BCUT2D eigenvalue weighted by Crippen LogP contribution is -2.51. The van der Waals surface area contributed by atoms with E-state index in [2.05, 4.69) is 27.4 Å². The molecule has 26 heavy (non-hydrogen) atoms. The van der Waals surface area contributed by atoms with Crippen LogP contribution in [0.15, 0.2) is 35.1 Å². The third kappa shape index (κ3) is 3.94. The Labute approximate surface area is 155 Å². The normalized spacial score (nSPS) is 25.1. The number of hydrogen-bond donors (Lipinski definition) is 3. The molecule has 0 saturated carbocycles. The van der Waals surface area contributed by atoms with Crippen molar-refractivity contribution in [2.45, 2.75) is 31.6 Å². The molecule has 0 amide bonds. The van der Waals surface area contributed by atoms with Gasteiger partial charge in [0.1, 0.15) is 5.82 Å². The monoisotopic (exact) mass is 359 g/mol. The van der Waals surface area contributed by atoms with Gasteiger partial charge in [0, 0.05) is 31.4 Å². The highest BCUT2D eigenvalue weighted by molar-refractivity contribution is 5.73. The van der Waals surface area contributed by atoms with Crippen LogP contribution in [-0.4, -0.2) is 51.0 Å². The van der Waals surface area contributed by atoms with Gasteiger partial charge in [-0.2, -0.15) is 0 Å². The largest absolute Gasteiger partial charge is 0.493 e. The van der Waals surface area contributed by atoms with E-state index in [0.717, 1.165) is 24.4 Å². The lowest BCUT2D eigenvalue weighted by Gasteiger charge is -2.38. The molecule has 1 aromatic rings. The Balaban J connectivity index is 1.66. The smallest absolute Gasteiger partial charge is 0.210 e. The number of methoxy groups -OCH3 is 1. The van der Waals surface area contributed by atoms with Crippen molar-refractivity contribution in [2.24, 2.45) is 10.7 Å². The van der Waals surface area contributed by atoms with E-state index < -0.39 is 5.79 Å². The molecule has 0 radical (unpaired) electrons. The predicted molar refractivity (Wildman–Crippen MR) is 103 cm³/mol. The fourth-order valence-electron chi connectivity index (χ4n) is 3.18. The predicted octanol–water partition coefficient (Wildman–Crippen LogP) is 1.36. The van der Waals surface area contributed by atoms with E-state index >= 15 is 0 Å². The van der Waals surface area contributed by atoms with Crippen LogP contribution >= 0.6 is 0 Å². The molecule has 3 rings (SSSR count). The number of benzene rings is 1. The zero-order valence-electron chi connectivity index (χ0n) is 15.8. The maximum absolute atomic E-state index is 6.45. The molecular weight excluding hydrogens is 330 g/mol. The molecule has 142 valence electrons. The van der Waals surface area contributed by atoms with Gasteiger partial charge in [0.25, 0.3) is 0 Å². The number of ether oxygens (including phenoxy) is 2. The molecule has 7 nitrogen and oxygen atoms in total. The van der Waals surface area contributed by atoms with Gasteiger partial charge in [0.05, 0.1) is 13.7 Å². The second-order valence-corrected chi connectivity index (χ2v) is 6.74. The molecule has 0 bridgehead atoms. The molecule has 1 aromatic carbocycles. The summed E-state index contributed by atoms with van der Waals surface area (Å²) in [6, 6.07) is 6.37. The summed E-state index contributed by atoms with van der Waals surface area (Å²) >= 11 is 0. The van der Waals surface area contributed by atoms with Crippen molar-refractivity contribution in [1.29, 1.82) is 0 Å². The molecule has 2 unspecified atom stereocenters. The van der Waals surface area contributed by atoms with Crippen molar-refractivity contribution in [3.05, 3.63) is 35.7 Å². The molecule has 4 N–H and O–H groups in total. The van der Waals surface area contributed by atoms with Crippen molar-refractivity contribution in [2.75, 3.05) is 33.9 Å². The number of likely N-dealkylation sites (tertiary alicyclic amines) is 1. The first kappa shape index (κ1) is 18.5. The van der Waals surface area contributed by atoms with Gasteiger partial charge in [-0.15, -0.1) is 0 Å². The topological polar surface area (TPSA) is 84.1 Å². The number of rotatable bonds is 8. The summed E-state index contributed by atoms with van der Waals surface area (Å²) in [5.74, 6) is 1.15. The molecule has 7 heteroatoms. The Morgan fingerprint density at radius 2 is 2.27 bits per heavy atom. The Bertz CT molecular complexity index is 691. The van der Waals surface area contributed by atoms with E-state index in [9.17, 15) is 0 Å². The zero-order valence-corrected chi connectivity index (χ0v) is 15.8. The molecule has 0 aromatic heterocycles. The second kappa shape index (κ2) is 7.97. The minimum absolute atomic E-state index is 0.638. The minimum atomic E-state index is -1.04. The van der Waals surface area contributed by atoms with E-state index in [0.29, 0.717) is 24.1 Å². The van der Waals surface area contributed by atoms with Gasteiger partial charge in [-0.3, -0.25) is 5.73 Å². The molecule has 2 heterocycles. The van der Waals surface area contributed by atoms with Crippen molar-refractivity contribution < 1.29 is 9.47 Å². The number of aliphatic imine (C=N–C) groups is 1. The molecule has 2 aliphatic rings. The van der Waals surface area contributed by atoms with Crippen LogP contribution in [0, 0.1) is 0 Å². The van der Waals surface area contributed by atoms with Crippen LogP contribution in [-0.2, 0) is 5.79 Å². The number of nitrogens with zero attached hydrogens (tertiary/aromatic N) is 2. The van der Waals surface area contributed by atoms with E-state index in [1.54, 1.807) is 13.3 Å². The Morgan fingerprint density at radius 1 is 1.42 bits per heavy atom. The maximum Gasteiger partial charge on any atom is 0.210 e.